The molecule has 2 fully saturated rings. The van der Waals surface area contributed by atoms with Crippen molar-refractivity contribution in [1.82, 2.24) is 9.80 Å². The van der Waals surface area contributed by atoms with Crippen molar-refractivity contribution in [3.63, 3.8) is 0 Å². The summed E-state index contributed by atoms with van der Waals surface area (Å²) in [6.07, 6.45) is 1.19. The molecule has 5 rings (SSSR count). The summed E-state index contributed by atoms with van der Waals surface area (Å²) in [5, 5.41) is 9.05. The number of hydrogen-bond acceptors (Lipinski definition) is 4. The smallest absolute Gasteiger partial charge is 0.409 e. The summed E-state index contributed by atoms with van der Waals surface area (Å²) in [4.78, 5) is 27.8. The fourth-order valence-corrected chi connectivity index (χ4v) is 5.04. The predicted molar refractivity (Wildman–Crippen MR) is 112 cm³/mol. The van der Waals surface area contributed by atoms with Crippen LogP contribution in [-0.4, -0.2) is 65.8 Å². The molecule has 2 aromatic rings. The Labute approximate surface area is 176 Å². The second-order valence-electron chi connectivity index (χ2n) is 8.49. The van der Waals surface area contributed by atoms with Gasteiger partial charge in [0.05, 0.1) is 5.92 Å². The Hall–Kier alpha value is -2.86. The minimum Gasteiger partial charge on any atom is -0.481 e. The van der Waals surface area contributed by atoms with E-state index in [0.29, 0.717) is 25.7 Å². The van der Waals surface area contributed by atoms with Gasteiger partial charge in [0.2, 0.25) is 0 Å². The first-order valence-electron chi connectivity index (χ1n) is 10.7. The molecule has 1 amide bonds. The van der Waals surface area contributed by atoms with Gasteiger partial charge in [-0.25, -0.2) is 4.79 Å². The summed E-state index contributed by atoms with van der Waals surface area (Å²) in [7, 11) is 0. The van der Waals surface area contributed by atoms with Crippen molar-refractivity contribution in [2.24, 2.45) is 5.92 Å². The number of carbonyl (C=O) groups is 2. The fourth-order valence-electron chi connectivity index (χ4n) is 5.04. The molecule has 30 heavy (non-hydrogen) atoms. The zero-order valence-corrected chi connectivity index (χ0v) is 16.9. The number of carboxylic acids is 1. The number of amides is 1. The van der Waals surface area contributed by atoms with E-state index in [0.717, 1.165) is 25.9 Å². The third-order valence-electron chi connectivity index (χ3n) is 6.89. The van der Waals surface area contributed by atoms with Gasteiger partial charge in [0, 0.05) is 38.1 Å². The molecular weight excluding hydrogens is 380 g/mol. The lowest BCUT2D eigenvalue weighted by Gasteiger charge is -2.44. The minimum absolute atomic E-state index is 0.0746. The largest absolute Gasteiger partial charge is 0.481 e. The van der Waals surface area contributed by atoms with E-state index in [-0.39, 0.29) is 17.9 Å². The highest BCUT2D eigenvalue weighted by molar-refractivity contribution is 5.79. The molecular formula is C24H26N2O4. The van der Waals surface area contributed by atoms with E-state index in [1.807, 2.05) is 24.3 Å². The third kappa shape index (κ3) is 3.35. The van der Waals surface area contributed by atoms with Crippen molar-refractivity contribution in [2.75, 3.05) is 32.8 Å². The summed E-state index contributed by atoms with van der Waals surface area (Å²) in [5.41, 5.74) is 4.88. The van der Waals surface area contributed by atoms with Crippen molar-refractivity contribution in [3.8, 4) is 11.1 Å². The molecule has 1 N–H and O–H groups in total. The number of nitrogens with zero attached hydrogens (tertiary/aromatic N) is 2. The number of aliphatic carboxylic acids is 1. The number of carbonyl (C=O) groups excluding carboxylic acids is 1. The number of rotatable bonds is 4. The van der Waals surface area contributed by atoms with Gasteiger partial charge in [-0.1, -0.05) is 48.5 Å². The van der Waals surface area contributed by atoms with Gasteiger partial charge in [0.1, 0.15) is 6.61 Å². The Morgan fingerprint density at radius 1 is 0.900 bits per heavy atom. The maximum Gasteiger partial charge on any atom is 0.409 e. The van der Waals surface area contributed by atoms with Gasteiger partial charge in [0.25, 0.3) is 0 Å². The van der Waals surface area contributed by atoms with E-state index in [1.165, 1.54) is 22.3 Å². The van der Waals surface area contributed by atoms with E-state index in [9.17, 15) is 9.59 Å². The molecule has 156 valence electrons. The van der Waals surface area contributed by atoms with Crippen molar-refractivity contribution in [3.05, 3.63) is 59.7 Å². The van der Waals surface area contributed by atoms with Crippen LogP contribution in [0.3, 0.4) is 0 Å². The van der Waals surface area contributed by atoms with E-state index in [2.05, 4.69) is 29.2 Å². The molecule has 0 radical (unpaired) electrons. The van der Waals surface area contributed by atoms with Crippen LogP contribution in [0.15, 0.2) is 48.5 Å². The van der Waals surface area contributed by atoms with Gasteiger partial charge >= 0.3 is 12.1 Å². The summed E-state index contributed by atoms with van der Waals surface area (Å²) in [5.74, 6) is -0.816. The average Bonchev–Trinajstić information content (AvgIpc) is 3.05. The lowest BCUT2D eigenvalue weighted by Crippen LogP contribution is -2.56. The topological polar surface area (TPSA) is 70.1 Å². The lowest BCUT2D eigenvalue weighted by molar-refractivity contribution is -0.147. The standard InChI is InChI=1S/C24H26N2O4/c27-23(28)16-13-17(14-16)25-9-11-26(12-10-25)24(29)30-15-22-20-7-3-1-5-18(20)19-6-2-4-8-21(19)22/h1-8,16-17,22H,9-15H2,(H,27,28). The first-order chi connectivity index (χ1) is 14.6. The van der Waals surface area contributed by atoms with E-state index in [1.54, 1.807) is 4.90 Å². The Balaban J connectivity index is 1.16. The van der Waals surface area contributed by atoms with E-state index >= 15 is 0 Å². The first kappa shape index (κ1) is 19.1. The summed E-state index contributed by atoms with van der Waals surface area (Å²) >= 11 is 0. The molecule has 0 atom stereocenters. The molecule has 6 nitrogen and oxygen atoms in total. The van der Waals surface area contributed by atoms with Crippen molar-refractivity contribution < 1.29 is 19.4 Å². The van der Waals surface area contributed by atoms with Gasteiger partial charge in [-0.05, 0) is 35.1 Å². The minimum atomic E-state index is -0.691. The molecule has 3 aliphatic rings. The van der Waals surface area contributed by atoms with Crippen LogP contribution in [0.4, 0.5) is 4.79 Å². The van der Waals surface area contributed by atoms with Crippen LogP contribution in [0.1, 0.15) is 29.9 Å². The molecule has 1 saturated carbocycles. The van der Waals surface area contributed by atoms with Crippen LogP contribution in [0.2, 0.25) is 0 Å². The summed E-state index contributed by atoms with van der Waals surface area (Å²) in [6.45, 7) is 3.16. The Kier molecular flexibility index (Phi) is 4.95. The van der Waals surface area contributed by atoms with Gasteiger partial charge < -0.3 is 14.7 Å². The lowest BCUT2D eigenvalue weighted by atomic mass is 9.79. The Morgan fingerprint density at radius 2 is 1.47 bits per heavy atom. The quantitative estimate of drug-likeness (QED) is 0.843. The van der Waals surface area contributed by atoms with E-state index < -0.39 is 5.97 Å². The zero-order chi connectivity index (χ0) is 20.7. The highest BCUT2D eigenvalue weighted by Gasteiger charge is 2.39. The molecule has 0 spiro atoms. The maximum absolute atomic E-state index is 12.7. The fraction of sp³-hybridized carbons (Fsp3) is 0.417. The average molecular weight is 406 g/mol. The highest BCUT2D eigenvalue weighted by atomic mass is 16.6. The van der Waals surface area contributed by atoms with Crippen molar-refractivity contribution in [1.29, 1.82) is 0 Å². The second kappa shape index (κ2) is 7.76. The van der Waals surface area contributed by atoms with E-state index in [4.69, 9.17) is 9.84 Å². The molecule has 2 aliphatic carbocycles. The number of fused-ring (bicyclic) bond motifs is 3. The number of ether oxygens (including phenoxy) is 1. The molecule has 1 aliphatic heterocycles. The number of carboxylic acid groups (broad SMARTS) is 1. The zero-order valence-electron chi connectivity index (χ0n) is 16.9. The SMILES string of the molecule is O=C(O)C1CC(N2CCN(C(=O)OCC3c4ccccc4-c4ccccc43)CC2)C1. The van der Waals surface area contributed by atoms with Gasteiger partial charge in [-0.3, -0.25) is 9.69 Å². The number of piperazine rings is 1. The van der Waals surface area contributed by atoms with Gasteiger partial charge in [-0.2, -0.15) is 0 Å². The predicted octanol–water partition coefficient (Wildman–Crippen LogP) is 3.42. The molecule has 0 unspecified atom stereocenters. The molecule has 1 heterocycles. The van der Waals surface area contributed by atoms with Gasteiger partial charge in [0.15, 0.2) is 0 Å². The maximum atomic E-state index is 12.7. The Bertz CT molecular complexity index is 916. The molecule has 0 bridgehead atoms. The van der Waals surface area contributed by atoms with Crippen LogP contribution in [0.25, 0.3) is 11.1 Å². The molecule has 0 aromatic heterocycles. The van der Waals surface area contributed by atoms with Crippen molar-refractivity contribution in [2.45, 2.75) is 24.8 Å². The Morgan fingerprint density at radius 3 is 2.03 bits per heavy atom. The molecule has 1 saturated heterocycles. The first-order valence-corrected chi connectivity index (χ1v) is 10.7. The summed E-state index contributed by atoms with van der Waals surface area (Å²) in [6, 6.07) is 17.0. The van der Waals surface area contributed by atoms with Crippen LogP contribution in [0, 0.1) is 5.92 Å². The monoisotopic (exact) mass is 406 g/mol. The summed E-state index contributed by atoms with van der Waals surface area (Å²) < 4.78 is 5.75. The normalized spacial score (nSPS) is 23.4. The molecule has 6 heteroatoms. The molecule has 2 aromatic carbocycles. The highest BCUT2D eigenvalue weighted by Crippen LogP contribution is 2.44. The van der Waals surface area contributed by atoms with Crippen molar-refractivity contribution >= 4 is 12.1 Å². The van der Waals surface area contributed by atoms with Crippen LogP contribution < -0.4 is 0 Å². The van der Waals surface area contributed by atoms with Crippen LogP contribution >= 0.6 is 0 Å². The van der Waals surface area contributed by atoms with Gasteiger partial charge in [-0.15, -0.1) is 0 Å². The van der Waals surface area contributed by atoms with Crippen LogP contribution in [0.5, 0.6) is 0 Å². The number of benzene rings is 2. The van der Waals surface area contributed by atoms with Crippen LogP contribution in [-0.2, 0) is 9.53 Å². The second-order valence-corrected chi connectivity index (χ2v) is 8.49. The number of hydrogen-bond donors (Lipinski definition) is 1. The third-order valence-corrected chi connectivity index (χ3v) is 6.89.